The fourth-order valence-corrected chi connectivity index (χ4v) is 3.37. The van der Waals surface area contributed by atoms with Gasteiger partial charge in [-0.15, -0.1) is 0 Å². The zero-order valence-electron chi connectivity index (χ0n) is 12.4. The predicted octanol–water partition coefficient (Wildman–Crippen LogP) is 2.51. The van der Waals surface area contributed by atoms with Gasteiger partial charge in [0.25, 0.3) is 0 Å². The number of hydrogen-bond acceptors (Lipinski definition) is 4. The molecule has 116 valence electrons. The number of ether oxygens (including phenoxy) is 2. The number of benzene rings is 2. The molecular formula is C16H17NO4S. The van der Waals surface area contributed by atoms with Crippen molar-refractivity contribution < 1.29 is 17.9 Å². The molecule has 5 nitrogen and oxygen atoms in total. The van der Waals surface area contributed by atoms with E-state index in [9.17, 15) is 8.42 Å². The van der Waals surface area contributed by atoms with E-state index in [0.717, 1.165) is 16.7 Å². The van der Waals surface area contributed by atoms with Gasteiger partial charge in [-0.2, -0.15) is 0 Å². The lowest BCUT2D eigenvalue weighted by Gasteiger charge is -2.10. The summed E-state index contributed by atoms with van der Waals surface area (Å²) in [6.45, 7) is 4.35. The van der Waals surface area contributed by atoms with Gasteiger partial charge in [0.15, 0.2) is 11.5 Å². The van der Waals surface area contributed by atoms with Crippen LogP contribution in [0, 0.1) is 13.8 Å². The second kappa shape index (κ2) is 5.62. The molecule has 3 rings (SSSR count). The van der Waals surface area contributed by atoms with Crippen LogP contribution in [0.4, 0.5) is 0 Å². The van der Waals surface area contributed by atoms with Gasteiger partial charge in [-0.25, -0.2) is 13.1 Å². The fraction of sp³-hybridized carbons (Fsp3) is 0.250. The van der Waals surface area contributed by atoms with Crippen LogP contribution in [0.15, 0.2) is 41.3 Å². The van der Waals surface area contributed by atoms with E-state index in [1.807, 2.05) is 32.0 Å². The summed E-state index contributed by atoms with van der Waals surface area (Å²) in [6.07, 6.45) is 0. The highest BCUT2D eigenvalue weighted by Gasteiger charge is 2.20. The summed E-state index contributed by atoms with van der Waals surface area (Å²) in [6, 6.07) is 10.5. The first-order valence-corrected chi connectivity index (χ1v) is 8.39. The van der Waals surface area contributed by atoms with Crippen molar-refractivity contribution in [3.63, 3.8) is 0 Å². The van der Waals surface area contributed by atoms with Gasteiger partial charge in [-0.05, 0) is 37.1 Å². The third-order valence-electron chi connectivity index (χ3n) is 3.61. The number of fused-ring (bicyclic) bond motifs is 1. The Morgan fingerprint density at radius 3 is 2.59 bits per heavy atom. The molecule has 0 aliphatic carbocycles. The molecule has 6 heteroatoms. The molecule has 0 unspecified atom stereocenters. The van der Waals surface area contributed by atoms with Crippen molar-refractivity contribution in [2.75, 3.05) is 6.79 Å². The van der Waals surface area contributed by atoms with Crippen molar-refractivity contribution in [2.24, 2.45) is 0 Å². The Hall–Kier alpha value is -2.05. The van der Waals surface area contributed by atoms with Crippen LogP contribution in [0.3, 0.4) is 0 Å². The van der Waals surface area contributed by atoms with Crippen LogP contribution in [-0.4, -0.2) is 15.2 Å². The molecule has 22 heavy (non-hydrogen) atoms. The molecule has 0 bridgehead atoms. The van der Waals surface area contributed by atoms with E-state index in [1.54, 1.807) is 6.07 Å². The van der Waals surface area contributed by atoms with E-state index in [4.69, 9.17) is 9.47 Å². The lowest BCUT2D eigenvalue weighted by molar-refractivity contribution is 0.174. The number of rotatable bonds is 4. The average molecular weight is 319 g/mol. The minimum atomic E-state index is -3.59. The van der Waals surface area contributed by atoms with E-state index in [1.165, 1.54) is 12.1 Å². The zero-order valence-corrected chi connectivity index (χ0v) is 13.2. The van der Waals surface area contributed by atoms with E-state index in [2.05, 4.69) is 4.72 Å². The van der Waals surface area contributed by atoms with Gasteiger partial charge in [0.2, 0.25) is 16.8 Å². The standard InChI is InChI=1S/C16H17NO4S/c1-11-3-4-13(12(2)7-11)9-17-22(18,19)14-5-6-15-16(8-14)21-10-20-15/h3-8,17H,9-10H2,1-2H3. The highest BCUT2D eigenvalue weighted by atomic mass is 32.2. The second-order valence-electron chi connectivity index (χ2n) is 5.27. The molecule has 0 aromatic heterocycles. The van der Waals surface area contributed by atoms with Crippen molar-refractivity contribution in [1.29, 1.82) is 0 Å². The molecule has 2 aromatic carbocycles. The SMILES string of the molecule is Cc1ccc(CNS(=O)(=O)c2ccc3c(c2)OCO3)c(C)c1. The van der Waals surface area contributed by atoms with Crippen molar-refractivity contribution in [1.82, 2.24) is 4.72 Å². The first-order valence-electron chi connectivity index (χ1n) is 6.91. The van der Waals surface area contributed by atoms with Gasteiger partial charge < -0.3 is 9.47 Å². The minimum Gasteiger partial charge on any atom is -0.454 e. The van der Waals surface area contributed by atoms with Crippen LogP contribution >= 0.6 is 0 Å². The van der Waals surface area contributed by atoms with Gasteiger partial charge in [0, 0.05) is 12.6 Å². The van der Waals surface area contributed by atoms with Crippen LogP contribution in [0.1, 0.15) is 16.7 Å². The topological polar surface area (TPSA) is 64.6 Å². The molecule has 1 aliphatic rings. The molecule has 0 fully saturated rings. The summed E-state index contributed by atoms with van der Waals surface area (Å²) in [7, 11) is -3.59. The Balaban J connectivity index is 1.79. The highest BCUT2D eigenvalue weighted by molar-refractivity contribution is 7.89. The molecule has 2 aromatic rings. The van der Waals surface area contributed by atoms with Gasteiger partial charge in [0.1, 0.15) is 0 Å². The predicted molar refractivity (Wildman–Crippen MR) is 82.5 cm³/mol. The highest BCUT2D eigenvalue weighted by Crippen LogP contribution is 2.33. The van der Waals surface area contributed by atoms with Crippen LogP contribution in [-0.2, 0) is 16.6 Å². The Labute approximate surface area is 129 Å². The van der Waals surface area contributed by atoms with Crippen molar-refractivity contribution in [3.8, 4) is 11.5 Å². The van der Waals surface area contributed by atoms with Crippen LogP contribution in [0.2, 0.25) is 0 Å². The molecule has 0 amide bonds. The molecule has 0 saturated carbocycles. The van der Waals surface area contributed by atoms with E-state index >= 15 is 0 Å². The number of aryl methyl sites for hydroxylation is 2. The maximum Gasteiger partial charge on any atom is 0.241 e. The maximum absolute atomic E-state index is 12.4. The van der Waals surface area contributed by atoms with E-state index in [-0.39, 0.29) is 18.2 Å². The smallest absolute Gasteiger partial charge is 0.241 e. The van der Waals surface area contributed by atoms with E-state index < -0.39 is 10.0 Å². The summed E-state index contributed by atoms with van der Waals surface area (Å²) in [5.41, 5.74) is 3.17. The largest absolute Gasteiger partial charge is 0.454 e. The monoisotopic (exact) mass is 319 g/mol. The molecule has 0 spiro atoms. The quantitative estimate of drug-likeness (QED) is 0.940. The lowest BCUT2D eigenvalue weighted by atomic mass is 10.1. The second-order valence-corrected chi connectivity index (χ2v) is 7.04. The molecule has 0 radical (unpaired) electrons. The van der Waals surface area contributed by atoms with E-state index in [0.29, 0.717) is 11.5 Å². The Bertz CT molecular complexity index is 815. The number of hydrogen-bond donors (Lipinski definition) is 1. The van der Waals surface area contributed by atoms with Crippen LogP contribution < -0.4 is 14.2 Å². The molecule has 1 N–H and O–H groups in total. The first kappa shape index (κ1) is 14.9. The molecule has 1 aliphatic heterocycles. The van der Waals surface area contributed by atoms with Crippen molar-refractivity contribution >= 4 is 10.0 Å². The molecule has 1 heterocycles. The van der Waals surface area contributed by atoms with Crippen LogP contribution in [0.25, 0.3) is 0 Å². The normalized spacial score (nSPS) is 13.4. The third kappa shape index (κ3) is 2.93. The summed E-state index contributed by atoms with van der Waals surface area (Å²) < 4.78 is 37.8. The van der Waals surface area contributed by atoms with Gasteiger partial charge >= 0.3 is 0 Å². The van der Waals surface area contributed by atoms with Crippen molar-refractivity contribution in [3.05, 3.63) is 53.1 Å². The Kier molecular flexibility index (Phi) is 3.80. The number of nitrogens with one attached hydrogen (secondary N) is 1. The molecular weight excluding hydrogens is 302 g/mol. The molecule has 0 atom stereocenters. The Morgan fingerprint density at radius 1 is 1.05 bits per heavy atom. The van der Waals surface area contributed by atoms with Crippen molar-refractivity contribution in [2.45, 2.75) is 25.3 Å². The van der Waals surface area contributed by atoms with Gasteiger partial charge in [-0.1, -0.05) is 23.8 Å². The fourth-order valence-electron chi connectivity index (χ4n) is 2.34. The summed E-state index contributed by atoms with van der Waals surface area (Å²) >= 11 is 0. The lowest BCUT2D eigenvalue weighted by Crippen LogP contribution is -2.23. The first-order chi connectivity index (χ1) is 10.5. The minimum absolute atomic E-state index is 0.120. The van der Waals surface area contributed by atoms with Crippen LogP contribution in [0.5, 0.6) is 11.5 Å². The molecule has 0 saturated heterocycles. The number of sulfonamides is 1. The zero-order chi connectivity index (χ0) is 15.7. The van der Waals surface area contributed by atoms with Gasteiger partial charge in [0.05, 0.1) is 4.90 Å². The van der Waals surface area contributed by atoms with Gasteiger partial charge in [-0.3, -0.25) is 0 Å². The average Bonchev–Trinajstić information content (AvgIpc) is 2.93. The maximum atomic E-state index is 12.4. The Morgan fingerprint density at radius 2 is 1.82 bits per heavy atom. The summed E-state index contributed by atoms with van der Waals surface area (Å²) in [5, 5.41) is 0. The summed E-state index contributed by atoms with van der Waals surface area (Å²) in [5.74, 6) is 1.02. The third-order valence-corrected chi connectivity index (χ3v) is 5.00. The summed E-state index contributed by atoms with van der Waals surface area (Å²) in [4.78, 5) is 0.168.